The van der Waals surface area contributed by atoms with Gasteiger partial charge in [-0.2, -0.15) is 5.10 Å². The monoisotopic (exact) mass is 339 g/mol. The minimum absolute atomic E-state index is 0.155. The number of H-pyrrole nitrogens is 1. The molecule has 1 aromatic heterocycles. The van der Waals surface area contributed by atoms with Crippen molar-refractivity contribution in [1.29, 1.82) is 0 Å². The highest BCUT2D eigenvalue weighted by molar-refractivity contribution is 7.94. The Morgan fingerprint density at radius 1 is 1.36 bits per heavy atom. The first-order valence-corrected chi connectivity index (χ1v) is 8.45. The third-order valence-corrected chi connectivity index (χ3v) is 4.40. The molecule has 8 heteroatoms. The summed E-state index contributed by atoms with van der Waals surface area (Å²) >= 11 is 5.82. The number of sulfone groups is 1. The van der Waals surface area contributed by atoms with Gasteiger partial charge in [-0.15, -0.1) is 0 Å². The van der Waals surface area contributed by atoms with E-state index in [4.69, 9.17) is 11.6 Å². The van der Waals surface area contributed by atoms with Crippen molar-refractivity contribution in [2.45, 2.75) is 6.42 Å². The molecular formula is C14H14ClN3O3S. The lowest BCUT2D eigenvalue weighted by Gasteiger charge is -2.00. The third kappa shape index (κ3) is 4.44. The van der Waals surface area contributed by atoms with Crippen molar-refractivity contribution in [3.8, 4) is 11.3 Å². The summed E-state index contributed by atoms with van der Waals surface area (Å²) in [6.07, 6.45) is -0.155. The molecule has 2 rings (SSSR count). The molecule has 0 radical (unpaired) electrons. The lowest BCUT2D eigenvalue weighted by atomic mass is 10.1. The van der Waals surface area contributed by atoms with Gasteiger partial charge >= 0.3 is 0 Å². The van der Waals surface area contributed by atoms with Crippen LogP contribution in [0.1, 0.15) is 6.42 Å². The van der Waals surface area contributed by atoms with Gasteiger partial charge in [-0.1, -0.05) is 30.3 Å². The summed E-state index contributed by atoms with van der Waals surface area (Å²) in [5.74, 6) is -0.387. The number of aromatic amines is 1. The molecule has 0 spiro atoms. The van der Waals surface area contributed by atoms with Crippen LogP contribution in [0.3, 0.4) is 0 Å². The van der Waals surface area contributed by atoms with Crippen molar-refractivity contribution in [3.63, 3.8) is 0 Å². The van der Waals surface area contributed by atoms with E-state index in [2.05, 4.69) is 22.1 Å². The molecule has 116 valence electrons. The number of anilines is 1. The topological polar surface area (TPSA) is 91.9 Å². The summed E-state index contributed by atoms with van der Waals surface area (Å²) in [7, 11) is -3.39. The SMILES string of the molecule is C=CS(=O)(=O)CCC(=O)Nc1cc(-c2ccc(Cl)cc2)[nH]n1. The van der Waals surface area contributed by atoms with E-state index in [1.54, 1.807) is 18.2 Å². The molecule has 0 atom stereocenters. The number of halogens is 1. The number of hydrogen-bond donors (Lipinski definition) is 2. The Morgan fingerprint density at radius 2 is 2.05 bits per heavy atom. The van der Waals surface area contributed by atoms with Crippen molar-refractivity contribution in [1.82, 2.24) is 10.2 Å². The van der Waals surface area contributed by atoms with Crippen LogP contribution in [-0.4, -0.2) is 30.3 Å². The minimum Gasteiger partial charge on any atom is -0.309 e. The van der Waals surface area contributed by atoms with Crippen molar-refractivity contribution in [2.75, 3.05) is 11.1 Å². The minimum atomic E-state index is -3.39. The summed E-state index contributed by atoms with van der Waals surface area (Å²) in [6, 6.07) is 8.78. The number of amides is 1. The first kappa shape index (κ1) is 16.3. The lowest BCUT2D eigenvalue weighted by molar-refractivity contribution is -0.115. The van der Waals surface area contributed by atoms with Crippen molar-refractivity contribution in [3.05, 3.63) is 47.3 Å². The molecule has 1 amide bonds. The van der Waals surface area contributed by atoms with Crippen LogP contribution in [0, 0.1) is 0 Å². The van der Waals surface area contributed by atoms with Crippen LogP contribution in [0.15, 0.2) is 42.3 Å². The molecule has 0 fully saturated rings. The zero-order valence-corrected chi connectivity index (χ0v) is 13.1. The van der Waals surface area contributed by atoms with Gasteiger partial charge in [0.2, 0.25) is 5.91 Å². The van der Waals surface area contributed by atoms with Crippen LogP contribution in [-0.2, 0) is 14.6 Å². The van der Waals surface area contributed by atoms with E-state index in [0.717, 1.165) is 11.0 Å². The molecule has 2 aromatic rings. The van der Waals surface area contributed by atoms with E-state index in [1.165, 1.54) is 0 Å². The fourth-order valence-corrected chi connectivity index (χ4v) is 2.45. The first-order chi connectivity index (χ1) is 10.4. The van der Waals surface area contributed by atoms with Crippen LogP contribution in [0.5, 0.6) is 0 Å². The van der Waals surface area contributed by atoms with Gasteiger partial charge in [-0.05, 0) is 17.7 Å². The number of nitrogens with zero attached hydrogens (tertiary/aromatic N) is 1. The molecule has 1 heterocycles. The molecular weight excluding hydrogens is 326 g/mol. The van der Waals surface area contributed by atoms with Gasteiger partial charge in [0, 0.05) is 22.9 Å². The highest BCUT2D eigenvalue weighted by Crippen LogP contribution is 2.21. The highest BCUT2D eigenvalue weighted by atomic mass is 35.5. The van der Waals surface area contributed by atoms with Crippen molar-refractivity contribution < 1.29 is 13.2 Å². The Hall–Kier alpha value is -2.12. The molecule has 0 aliphatic carbocycles. The molecule has 0 saturated carbocycles. The molecule has 2 N–H and O–H groups in total. The fourth-order valence-electron chi connectivity index (χ4n) is 1.69. The number of hydrogen-bond acceptors (Lipinski definition) is 4. The maximum absolute atomic E-state index is 11.7. The molecule has 0 aliphatic rings. The summed E-state index contributed by atoms with van der Waals surface area (Å²) in [4.78, 5) is 11.7. The summed E-state index contributed by atoms with van der Waals surface area (Å²) in [5, 5.41) is 10.7. The van der Waals surface area contributed by atoms with Gasteiger partial charge in [0.05, 0.1) is 11.4 Å². The Morgan fingerprint density at radius 3 is 2.68 bits per heavy atom. The van der Waals surface area contributed by atoms with Gasteiger partial charge in [0.1, 0.15) is 0 Å². The molecule has 0 aliphatic heterocycles. The summed E-state index contributed by atoms with van der Waals surface area (Å²) in [6.45, 7) is 3.19. The van der Waals surface area contributed by atoms with Gasteiger partial charge in [0.25, 0.3) is 0 Å². The molecule has 6 nitrogen and oxygen atoms in total. The van der Waals surface area contributed by atoms with Crippen LogP contribution in [0.2, 0.25) is 5.02 Å². The predicted octanol–water partition coefficient (Wildman–Crippen LogP) is 2.62. The maximum atomic E-state index is 11.7. The van der Waals surface area contributed by atoms with Crippen LogP contribution in [0.25, 0.3) is 11.3 Å². The zero-order chi connectivity index (χ0) is 16.2. The average molecular weight is 340 g/mol. The molecule has 1 aromatic carbocycles. The standard InChI is InChI=1S/C14H14ClN3O3S/c1-2-22(20,21)8-7-14(19)16-13-9-12(17-18-13)10-3-5-11(15)6-4-10/h2-6,9H,1,7-8H2,(H2,16,17,18,19). The lowest BCUT2D eigenvalue weighted by Crippen LogP contribution is -2.16. The predicted molar refractivity (Wildman–Crippen MR) is 86.3 cm³/mol. The molecule has 22 heavy (non-hydrogen) atoms. The van der Waals surface area contributed by atoms with Crippen LogP contribution in [0.4, 0.5) is 5.82 Å². The number of carbonyl (C=O) groups is 1. The Labute approximate surface area is 133 Å². The molecule has 0 unspecified atom stereocenters. The molecule has 0 saturated heterocycles. The maximum Gasteiger partial charge on any atom is 0.226 e. The van der Waals surface area contributed by atoms with Crippen molar-refractivity contribution >= 4 is 33.2 Å². The number of nitrogens with one attached hydrogen (secondary N) is 2. The largest absolute Gasteiger partial charge is 0.309 e. The number of rotatable bonds is 6. The van der Waals surface area contributed by atoms with E-state index in [-0.39, 0.29) is 12.2 Å². The zero-order valence-electron chi connectivity index (χ0n) is 11.5. The summed E-state index contributed by atoms with van der Waals surface area (Å²) in [5.41, 5.74) is 1.58. The first-order valence-electron chi connectivity index (χ1n) is 6.36. The number of benzene rings is 1. The van der Waals surface area contributed by atoms with Gasteiger partial charge < -0.3 is 5.32 Å². The van der Waals surface area contributed by atoms with Gasteiger partial charge in [-0.25, -0.2) is 8.42 Å². The second-order valence-electron chi connectivity index (χ2n) is 4.51. The smallest absolute Gasteiger partial charge is 0.226 e. The number of carbonyl (C=O) groups excluding carboxylic acids is 1. The fraction of sp³-hybridized carbons (Fsp3) is 0.143. The molecule has 0 bridgehead atoms. The Balaban J connectivity index is 1.98. The average Bonchev–Trinajstić information content (AvgIpc) is 2.94. The van der Waals surface area contributed by atoms with Crippen LogP contribution < -0.4 is 5.32 Å². The van der Waals surface area contributed by atoms with E-state index in [0.29, 0.717) is 16.5 Å². The summed E-state index contributed by atoms with van der Waals surface area (Å²) < 4.78 is 22.5. The third-order valence-electron chi connectivity index (χ3n) is 2.87. The quantitative estimate of drug-likeness (QED) is 0.846. The van der Waals surface area contributed by atoms with E-state index in [1.807, 2.05) is 12.1 Å². The normalized spacial score (nSPS) is 11.1. The number of aromatic nitrogens is 2. The second-order valence-corrected chi connectivity index (χ2v) is 7.01. The van der Waals surface area contributed by atoms with Gasteiger partial charge in [-0.3, -0.25) is 9.89 Å². The second kappa shape index (κ2) is 6.76. The van der Waals surface area contributed by atoms with E-state index in [9.17, 15) is 13.2 Å². The Kier molecular flexibility index (Phi) is 4.99. The van der Waals surface area contributed by atoms with Crippen molar-refractivity contribution in [2.24, 2.45) is 0 Å². The highest BCUT2D eigenvalue weighted by Gasteiger charge is 2.11. The van der Waals surface area contributed by atoms with Crippen LogP contribution >= 0.6 is 11.6 Å². The van der Waals surface area contributed by atoms with E-state index < -0.39 is 15.7 Å². The Bertz CT molecular complexity index is 782. The van der Waals surface area contributed by atoms with Gasteiger partial charge in [0.15, 0.2) is 15.7 Å². The van der Waals surface area contributed by atoms with E-state index >= 15 is 0 Å².